The third-order valence-electron chi connectivity index (χ3n) is 4.95. The molecule has 3 aromatic carbocycles. The van der Waals surface area contributed by atoms with Crippen LogP contribution in [-0.2, 0) is 10.0 Å². The van der Waals surface area contributed by atoms with Crippen molar-refractivity contribution in [3.8, 4) is 0 Å². The number of nitro benzene ring substituents is 1. The summed E-state index contributed by atoms with van der Waals surface area (Å²) in [5.41, 5.74) is 2.03. The number of aryl methyl sites for hydroxylation is 1. The van der Waals surface area contributed by atoms with Crippen LogP contribution in [0.3, 0.4) is 0 Å². The Morgan fingerprint density at radius 3 is 2.42 bits per heavy atom. The number of nitro groups is 1. The molecular formula is C23H18N4O5S. The first-order valence-electron chi connectivity index (χ1n) is 9.77. The minimum absolute atomic E-state index is 0.214. The lowest BCUT2D eigenvalue weighted by Crippen LogP contribution is -2.14. The van der Waals surface area contributed by atoms with Gasteiger partial charge in [0.25, 0.3) is 21.6 Å². The Bertz CT molecular complexity index is 1480. The van der Waals surface area contributed by atoms with Crippen molar-refractivity contribution in [3.63, 3.8) is 0 Å². The van der Waals surface area contributed by atoms with E-state index in [4.69, 9.17) is 0 Å². The van der Waals surface area contributed by atoms with Crippen LogP contribution in [0.4, 0.5) is 17.1 Å². The average molecular weight is 462 g/mol. The molecule has 0 radical (unpaired) electrons. The Morgan fingerprint density at radius 2 is 1.70 bits per heavy atom. The number of hydrogen-bond acceptors (Lipinski definition) is 6. The van der Waals surface area contributed by atoms with Crippen molar-refractivity contribution in [1.29, 1.82) is 0 Å². The van der Waals surface area contributed by atoms with E-state index in [1.54, 1.807) is 18.3 Å². The maximum absolute atomic E-state index is 12.6. The fourth-order valence-corrected chi connectivity index (χ4v) is 4.29. The predicted octanol–water partition coefficient (Wildman–Crippen LogP) is 4.50. The van der Waals surface area contributed by atoms with Gasteiger partial charge in [0.05, 0.1) is 15.3 Å². The molecule has 33 heavy (non-hydrogen) atoms. The molecule has 0 saturated heterocycles. The maximum Gasteiger partial charge on any atom is 0.273 e. The van der Waals surface area contributed by atoms with E-state index in [1.165, 1.54) is 43.3 Å². The number of carbonyl (C=O) groups excluding carboxylic acids is 1. The maximum atomic E-state index is 12.6. The van der Waals surface area contributed by atoms with Crippen LogP contribution in [0.15, 0.2) is 83.9 Å². The number of benzene rings is 3. The smallest absolute Gasteiger partial charge is 0.273 e. The number of nitrogens with zero attached hydrogens (tertiary/aromatic N) is 2. The zero-order valence-electron chi connectivity index (χ0n) is 17.3. The zero-order valence-corrected chi connectivity index (χ0v) is 18.2. The van der Waals surface area contributed by atoms with Crippen molar-refractivity contribution in [2.75, 3.05) is 10.0 Å². The van der Waals surface area contributed by atoms with Crippen LogP contribution in [0.2, 0.25) is 0 Å². The molecule has 0 aliphatic rings. The molecule has 4 rings (SSSR count). The zero-order chi connectivity index (χ0) is 23.6. The number of amides is 1. The Hall–Kier alpha value is -4.31. The van der Waals surface area contributed by atoms with Crippen LogP contribution < -0.4 is 10.0 Å². The number of nitrogens with one attached hydrogen (secondary N) is 2. The van der Waals surface area contributed by atoms with Crippen molar-refractivity contribution in [2.45, 2.75) is 11.8 Å². The van der Waals surface area contributed by atoms with Crippen LogP contribution in [0.25, 0.3) is 10.9 Å². The van der Waals surface area contributed by atoms with Gasteiger partial charge in [0, 0.05) is 40.2 Å². The number of hydrogen-bond donors (Lipinski definition) is 2. The lowest BCUT2D eigenvalue weighted by Gasteiger charge is -2.10. The SMILES string of the molecule is Cc1ccc(S(=O)(=O)Nc2ccc(C(=O)Nc3ccc4ncccc4c3)cc2)cc1[N+](=O)[O-]. The van der Waals surface area contributed by atoms with Gasteiger partial charge in [-0.15, -0.1) is 0 Å². The standard InChI is InChI=1S/C23H18N4O5S/c1-15-4-10-20(14-22(15)27(29)30)33(31,32)26-18-7-5-16(6-8-18)23(28)25-19-9-11-21-17(13-19)3-2-12-24-21/h2-14,26H,1H3,(H,25,28). The summed E-state index contributed by atoms with van der Waals surface area (Å²) in [4.78, 5) is 27.1. The van der Waals surface area contributed by atoms with Crippen LogP contribution in [0, 0.1) is 17.0 Å². The van der Waals surface area contributed by atoms with Crippen molar-refractivity contribution < 1.29 is 18.1 Å². The summed E-state index contributed by atoms with van der Waals surface area (Å²) in [6.45, 7) is 1.53. The first kappa shape index (κ1) is 21.9. The number of fused-ring (bicyclic) bond motifs is 1. The van der Waals surface area contributed by atoms with Crippen LogP contribution in [-0.4, -0.2) is 24.2 Å². The van der Waals surface area contributed by atoms with Gasteiger partial charge in [-0.2, -0.15) is 0 Å². The van der Waals surface area contributed by atoms with Crippen LogP contribution >= 0.6 is 0 Å². The van der Waals surface area contributed by atoms with Gasteiger partial charge in [-0.1, -0.05) is 12.1 Å². The van der Waals surface area contributed by atoms with Crippen LogP contribution in [0.1, 0.15) is 15.9 Å². The third-order valence-corrected chi connectivity index (χ3v) is 6.33. The molecule has 1 heterocycles. The number of rotatable bonds is 6. The lowest BCUT2D eigenvalue weighted by atomic mass is 10.1. The largest absolute Gasteiger partial charge is 0.322 e. The normalized spacial score (nSPS) is 11.2. The van der Waals surface area contributed by atoms with E-state index in [0.29, 0.717) is 16.8 Å². The molecule has 9 nitrogen and oxygen atoms in total. The van der Waals surface area contributed by atoms with Gasteiger partial charge < -0.3 is 5.32 Å². The Kier molecular flexibility index (Phi) is 5.76. The quantitative estimate of drug-likeness (QED) is 0.320. The number of aromatic nitrogens is 1. The van der Waals surface area contributed by atoms with Crippen LogP contribution in [0.5, 0.6) is 0 Å². The van der Waals surface area contributed by atoms with Gasteiger partial charge in [-0.05, 0) is 61.5 Å². The van der Waals surface area contributed by atoms with Gasteiger partial charge in [0.2, 0.25) is 0 Å². The molecule has 1 amide bonds. The summed E-state index contributed by atoms with van der Waals surface area (Å²) in [6, 6.07) is 18.6. The number of pyridine rings is 1. The van der Waals surface area contributed by atoms with Gasteiger partial charge in [-0.25, -0.2) is 8.42 Å². The topological polar surface area (TPSA) is 131 Å². The Labute approximate surface area is 189 Å². The molecule has 0 aliphatic heterocycles. The van der Waals surface area contributed by atoms with E-state index < -0.39 is 14.9 Å². The molecule has 1 aromatic heterocycles. The first-order valence-corrected chi connectivity index (χ1v) is 11.3. The minimum Gasteiger partial charge on any atom is -0.322 e. The van der Waals surface area contributed by atoms with Crippen molar-refractivity contribution >= 4 is 43.9 Å². The molecule has 10 heteroatoms. The monoisotopic (exact) mass is 462 g/mol. The third kappa shape index (κ3) is 4.80. The molecule has 166 valence electrons. The Balaban J connectivity index is 1.49. The second-order valence-corrected chi connectivity index (χ2v) is 8.94. The number of sulfonamides is 1. The van der Waals surface area contributed by atoms with E-state index in [1.807, 2.05) is 18.2 Å². The van der Waals surface area contributed by atoms with Crippen molar-refractivity contribution in [1.82, 2.24) is 4.98 Å². The summed E-state index contributed by atoms with van der Waals surface area (Å²) in [5.74, 6) is -0.359. The number of carbonyl (C=O) groups is 1. The fraction of sp³-hybridized carbons (Fsp3) is 0.0435. The summed E-state index contributed by atoms with van der Waals surface area (Å²) in [6.07, 6.45) is 1.69. The summed E-state index contributed by atoms with van der Waals surface area (Å²) >= 11 is 0. The van der Waals surface area contributed by atoms with Gasteiger partial charge in [0.15, 0.2) is 0 Å². The molecule has 0 spiro atoms. The lowest BCUT2D eigenvalue weighted by molar-refractivity contribution is -0.385. The van der Waals surface area contributed by atoms with Crippen molar-refractivity contribution in [2.24, 2.45) is 0 Å². The summed E-state index contributed by atoms with van der Waals surface area (Å²) < 4.78 is 27.6. The van der Waals surface area contributed by atoms with E-state index in [-0.39, 0.29) is 22.2 Å². The second kappa shape index (κ2) is 8.67. The molecule has 0 fully saturated rings. The molecule has 0 saturated carbocycles. The predicted molar refractivity (Wildman–Crippen MR) is 125 cm³/mol. The average Bonchev–Trinajstić information content (AvgIpc) is 2.79. The first-order chi connectivity index (χ1) is 15.7. The summed E-state index contributed by atoms with van der Waals surface area (Å²) in [5, 5.41) is 14.8. The highest BCUT2D eigenvalue weighted by molar-refractivity contribution is 7.92. The Morgan fingerprint density at radius 1 is 0.970 bits per heavy atom. The van der Waals surface area contributed by atoms with Gasteiger partial charge in [0.1, 0.15) is 0 Å². The highest BCUT2D eigenvalue weighted by Gasteiger charge is 2.20. The highest BCUT2D eigenvalue weighted by atomic mass is 32.2. The van der Waals surface area contributed by atoms with Crippen molar-refractivity contribution in [3.05, 3.63) is 100 Å². The van der Waals surface area contributed by atoms with E-state index in [2.05, 4.69) is 15.0 Å². The molecule has 0 atom stereocenters. The van der Waals surface area contributed by atoms with E-state index >= 15 is 0 Å². The molecule has 4 aromatic rings. The molecule has 0 bridgehead atoms. The number of anilines is 2. The van der Waals surface area contributed by atoms with Gasteiger partial charge >= 0.3 is 0 Å². The molecular weight excluding hydrogens is 444 g/mol. The molecule has 2 N–H and O–H groups in total. The van der Waals surface area contributed by atoms with Gasteiger partial charge in [-0.3, -0.25) is 24.6 Å². The second-order valence-electron chi connectivity index (χ2n) is 7.25. The van der Waals surface area contributed by atoms with E-state index in [9.17, 15) is 23.3 Å². The fourth-order valence-electron chi connectivity index (χ4n) is 3.21. The summed E-state index contributed by atoms with van der Waals surface area (Å²) in [7, 11) is -4.05. The molecule has 0 aliphatic carbocycles. The molecule has 0 unspecified atom stereocenters. The minimum atomic E-state index is -4.05. The highest BCUT2D eigenvalue weighted by Crippen LogP contribution is 2.24. The van der Waals surface area contributed by atoms with E-state index in [0.717, 1.165) is 17.0 Å².